The van der Waals surface area contributed by atoms with Crippen LogP contribution in [0.3, 0.4) is 0 Å². The summed E-state index contributed by atoms with van der Waals surface area (Å²) in [5.74, 6) is 0.155. The molecule has 0 radical (unpaired) electrons. The third-order valence-corrected chi connectivity index (χ3v) is 4.91. The molecule has 0 aromatic heterocycles. The van der Waals surface area contributed by atoms with Gasteiger partial charge < -0.3 is 19.3 Å². The van der Waals surface area contributed by atoms with Crippen molar-refractivity contribution in [2.75, 3.05) is 19.8 Å². The summed E-state index contributed by atoms with van der Waals surface area (Å²) in [4.78, 5) is 30.1. The van der Waals surface area contributed by atoms with Gasteiger partial charge in [0.25, 0.3) is 5.91 Å². The Morgan fingerprint density at radius 2 is 2.00 bits per heavy atom. The van der Waals surface area contributed by atoms with Crippen molar-refractivity contribution >= 4 is 17.8 Å². The number of aliphatic hydroxyl groups excluding tert-OH is 1. The fraction of sp³-hybridized carbons (Fsp3) is 0.542. The SMILES string of the molecule is C=CCNNC(=O)[C@@]1(CCC(=O)OC(C)(C)C)N=C(c2ccc(OCCCO)cc2)O[C@H]1C. The molecule has 2 atom stereocenters. The Morgan fingerprint density at radius 3 is 2.61 bits per heavy atom. The summed E-state index contributed by atoms with van der Waals surface area (Å²) in [7, 11) is 0. The van der Waals surface area contributed by atoms with Crippen molar-refractivity contribution in [1.82, 2.24) is 10.9 Å². The molecule has 0 bridgehead atoms. The van der Waals surface area contributed by atoms with Gasteiger partial charge >= 0.3 is 5.97 Å². The van der Waals surface area contributed by atoms with E-state index in [2.05, 4.69) is 22.4 Å². The number of carbonyl (C=O) groups is 2. The van der Waals surface area contributed by atoms with Crippen molar-refractivity contribution in [2.24, 2.45) is 4.99 Å². The Hall–Kier alpha value is -2.91. The average molecular weight is 462 g/mol. The maximum Gasteiger partial charge on any atom is 0.306 e. The van der Waals surface area contributed by atoms with E-state index in [0.717, 1.165) is 0 Å². The van der Waals surface area contributed by atoms with Crippen LogP contribution in [-0.4, -0.2) is 59.9 Å². The molecule has 0 saturated carbocycles. The first-order valence-corrected chi connectivity index (χ1v) is 11.1. The molecule has 0 aliphatic carbocycles. The summed E-state index contributed by atoms with van der Waals surface area (Å²) in [6.07, 6.45) is 1.68. The van der Waals surface area contributed by atoms with Gasteiger partial charge in [0.05, 0.1) is 6.61 Å². The van der Waals surface area contributed by atoms with Crippen molar-refractivity contribution in [2.45, 2.75) is 64.2 Å². The number of esters is 1. The number of benzene rings is 1. The summed E-state index contributed by atoms with van der Waals surface area (Å²) in [5.41, 5.74) is 4.17. The van der Waals surface area contributed by atoms with Gasteiger partial charge in [-0.3, -0.25) is 15.0 Å². The van der Waals surface area contributed by atoms with Gasteiger partial charge in [0.2, 0.25) is 5.90 Å². The molecule has 0 fully saturated rings. The largest absolute Gasteiger partial charge is 0.494 e. The van der Waals surface area contributed by atoms with Gasteiger partial charge in [-0.25, -0.2) is 10.4 Å². The van der Waals surface area contributed by atoms with E-state index in [0.29, 0.717) is 36.8 Å². The van der Waals surface area contributed by atoms with E-state index in [-0.39, 0.29) is 19.4 Å². The standard InChI is InChI=1S/C24H35N3O6/c1-6-14-25-27-22(30)24(13-12-20(29)33-23(3,4)5)17(2)32-21(26-24)18-8-10-19(11-9-18)31-16-7-15-28/h6,8-11,17,25,28H,1,7,12-16H2,2-5H3,(H,27,30)/t17-,24-/m0/s1. The normalized spacial score (nSPS) is 19.9. The van der Waals surface area contributed by atoms with Gasteiger partial charge in [0.15, 0.2) is 5.54 Å². The number of nitrogens with one attached hydrogen (secondary N) is 2. The zero-order valence-corrected chi connectivity index (χ0v) is 19.8. The monoisotopic (exact) mass is 461 g/mol. The highest BCUT2D eigenvalue weighted by Gasteiger charge is 2.50. The number of nitrogens with zero attached hydrogens (tertiary/aromatic N) is 1. The number of carbonyl (C=O) groups excluding carboxylic acids is 2. The molecule has 9 heteroatoms. The minimum absolute atomic E-state index is 0.00820. The number of hydrogen-bond donors (Lipinski definition) is 3. The van der Waals surface area contributed by atoms with Crippen LogP contribution in [0, 0.1) is 0 Å². The Morgan fingerprint density at radius 1 is 1.30 bits per heavy atom. The second-order valence-electron chi connectivity index (χ2n) is 8.76. The molecule has 1 amide bonds. The lowest BCUT2D eigenvalue weighted by Gasteiger charge is -2.28. The van der Waals surface area contributed by atoms with E-state index in [1.807, 2.05) is 0 Å². The van der Waals surface area contributed by atoms with Crippen LogP contribution in [0.2, 0.25) is 0 Å². The molecule has 2 rings (SSSR count). The highest BCUT2D eigenvalue weighted by Crippen LogP contribution is 2.33. The van der Waals surface area contributed by atoms with Crippen LogP contribution in [0.5, 0.6) is 5.75 Å². The zero-order valence-electron chi connectivity index (χ0n) is 19.8. The van der Waals surface area contributed by atoms with Crippen LogP contribution in [0.25, 0.3) is 0 Å². The van der Waals surface area contributed by atoms with E-state index in [9.17, 15) is 9.59 Å². The van der Waals surface area contributed by atoms with E-state index < -0.39 is 29.1 Å². The number of ether oxygens (including phenoxy) is 3. The first kappa shape index (κ1) is 26.3. The Balaban J connectivity index is 2.23. The number of hydrazine groups is 1. The van der Waals surface area contributed by atoms with Crippen LogP contribution in [0.4, 0.5) is 0 Å². The van der Waals surface area contributed by atoms with Crippen LogP contribution in [0.15, 0.2) is 41.9 Å². The summed E-state index contributed by atoms with van der Waals surface area (Å²) in [5, 5.41) is 8.87. The molecule has 1 aromatic carbocycles. The summed E-state index contributed by atoms with van der Waals surface area (Å²) >= 11 is 0. The molecule has 3 N–H and O–H groups in total. The lowest BCUT2D eigenvalue weighted by molar-refractivity contribution is -0.155. The topological polar surface area (TPSA) is 118 Å². The maximum absolute atomic E-state index is 13.1. The van der Waals surface area contributed by atoms with Gasteiger partial charge in [-0.05, 0) is 58.4 Å². The van der Waals surface area contributed by atoms with E-state index in [1.165, 1.54) is 0 Å². The predicted molar refractivity (Wildman–Crippen MR) is 125 cm³/mol. The fourth-order valence-corrected chi connectivity index (χ4v) is 3.25. The van der Waals surface area contributed by atoms with E-state index >= 15 is 0 Å². The first-order chi connectivity index (χ1) is 15.6. The van der Waals surface area contributed by atoms with Crippen molar-refractivity contribution < 1.29 is 28.9 Å². The third-order valence-electron chi connectivity index (χ3n) is 4.91. The molecule has 33 heavy (non-hydrogen) atoms. The highest BCUT2D eigenvalue weighted by atomic mass is 16.6. The maximum atomic E-state index is 13.1. The van der Waals surface area contributed by atoms with Crippen molar-refractivity contribution in [3.8, 4) is 5.75 Å². The average Bonchev–Trinajstić information content (AvgIpc) is 3.09. The minimum atomic E-state index is -1.31. The van der Waals surface area contributed by atoms with Gasteiger partial charge in [-0.15, -0.1) is 6.58 Å². The zero-order chi connectivity index (χ0) is 24.5. The summed E-state index contributed by atoms with van der Waals surface area (Å²) < 4.78 is 16.9. The lowest BCUT2D eigenvalue weighted by atomic mass is 9.88. The van der Waals surface area contributed by atoms with E-state index in [1.54, 1.807) is 58.0 Å². The number of amides is 1. The molecule has 9 nitrogen and oxygen atoms in total. The number of hydrogen-bond acceptors (Lipinski definition) is 8. The highest BCUT2D eigenvalue weighted by molar-refractivity contribution is 6.00. The van der Waals surface area contributed by atoms with Crippen molar-refractivity contribution in [3.63, 3.8) is 0 Å². The Kier molecular flexibility index (Phi) is 9.43. The minimum Gasteiger partial charge on any atom is -0.494 e. The second kappa shape index (κ2) is 11.8. The van der Waals surface area contributed by atoms with Gasteiger partial charge in [-0.2, -0.15) is 0 Å². The number of aliphatic hydroxyl groups is 1. The predicted octanol–water partition coefficient (Wildman–Crippen LogP) is 2.28. The molecule has 0 spiro atoms. The van der Waals surface area contributed by atoms with Gasteiger partial charge in [0.1, 0.15) is 17.5 Å². The van der Waals surface area contributed by atoms with Gasteiger partial charge in [0, 0.05) is 31.6 Å². The fourth-order valence-electron chi connectivity index (χ4n) is 3.25. The molecule has 0 saturated heterocycles. The molecular formula is C24H35N3O6. The molecule has 1 heterocycles. The lowest BCUT2D eigenvalue weighted by Crippen LogP contribution is -2.55. The van der Waals surface area contributed by atoms with E-state index in [4.69, 9.17) is 19.3 Å². The van der Waals surface area contributed by atoms with Gasteiger partial charge in [-0.1, -0.05) is 6.08 Å². The summed E-state index contributed by atoms with van der Waals surface area (Å²) in [6.45, 7) is 11.6. The van der Waals surface area contributed by atoms with Crippen molar-refractivity contribution in [3.05, 3.63) is 42.5 Å². The second-order valence-corrected chi connectivity index (χ2v) is 8.76. The first-order valence-electron chi connectivity index (χ1n) is 11.1. The number of aliphatic imine (C=N–C) groups is 1. The quantitative estimate of drug-likeness (QED) is 0.189. The third kappa shape index (κ3) is 7.57. The van der Waals surface area contributed by atoms with Crippen LogP contribution < -0.4 is 15.6 Å². The molecule has 0 unspecified atom stereocenters. The Bertz CT molecular complexity index is 847. The Labute approximate surface area is 195 Å². The molecule has 182 valence electrons. The van der Waals surface area contributed by atoms with Crippen LogP contribution in [0.1, 0.15) is 52.5 Å². The molecular weight excluding hydrogens is 426 g/mol. The van der Waals surface area contributed by atoms with Crippen molar-refractivity contribution in [1.29, 1.82) is 0 Å². The van der Waals surface area contributed by atoms with Crippen LogP contribution in [-0.2, 0) is 19.1 Å². The van der Waals surface area contributed by atoms with Crippen LogP contribution >= 0.6 is 0 Å². The molecule has 1 aliphatic heterocycles. The number of rotatable bonds is 12. The summed E-state index contributed by atoms with van der Waals surface area (Å²) in [6, 6.07) is 7.13. The smallest absolute Gasteiger partial charge is 0.306 e. The molecule has 1 aliphatic rings. The molecule has 1 aromatic rings.